The molecule has 3 aromatic rings. The topological polar surface area (TPSA) is 56.2 Å². The molecule has 5 nitrogen and oxygen atoms in total. The van der Waals surface area contributed by atoms with Gasteiger partial charge in [-0.25, -0.2) is 0 Å². The van der Waals surface area contributed by atoms with Crippen LogP contribution in [-0.4, -0.2) is 34.9 Å². The van der Waals surface area contributed by atoms with E-state index in [0.29, 0.717) is 12.1 Å². The Morgan fingerprint density at radius 2 is 2.00 bits per heavy atom. The van der Waals surface area contributed by atoms with Crippen molar-refractivity contribution in [3.05, 3.63) is 66.4 Å². The molecule has 1 aromatic heterocycles. The molecule has 5 heteroatoms. The smallest absolute Gasteiger partial charge is 0.251 e. The molecule has 1 amide bonds. The van der Waals surface area contributed by atoms with Gasteiger partial charge in [0.15, 0.2) is 0 Å². The van der Waals surface area contributed by atoms with E-state index in [4.69, 9.17) is 4.74 Å². The third kappa shape index (κ3) is 3.93. The lowest BCUT2D eigenvalue weighted by atomic mass is 10.00. The number of carbonyl (C=O) groups excluding carboxylic acids is 1. The fourth-order valence-electron chi connectivity index (χ4n) is 3.45. The molecule has 1 aliphatic rings. The minimum Gasteiger partial charge on any atom is -0.376 e. The summed E-state index contributed by atoms with van der Waals surface area (Å²) in [5, 5.41) is 7.61. The van der Waals surface area contributed by atoms with Crippen LogP contribution in [0, 0.1) is 0 Å². The zero-order chi connectivity index (χ0) is 18.6. The summed E-state index contributed by atoms with van der Waals surface area (Å²) in [4.78, 5) is 12.6. The number of aromatic nitrogens is 2. The second-order valence-corrected chi connectivity index (χ2v) is 6.86. The highest BCUT2D eigenvalue weighted by Gasteiger charge is 2.17. The van der Waals surface area contributed by atoms with Crippen molar-refractivity contribution in [3.8, 4) is 22.4 Å². The molecule has 0 unspecified atom stereocenters. The van der Waals surface area contributed by atoms with Crippen LogP contribution in [0.25, 0.3) is 22.4 Å². The van der Waals surface area contributed by atoms with Crippen molar-refractivity contribution in [2.75, 3.05) is 13.2 Å². The zero-order valence-corrected chi connectivity index (χ0v) is 15.4. The molecule has 0 saturated carbocycles. The second kappa shape index (κ2) is 7.76. The molecular formula is C22H23N3O2. The quantitative estimate of drug-likeness (QED) is 0.754. The van der Waals surface area contributed by atoms with E-state index in [1.165, 1.54) is 0 Å². The molecule has 27 heavy (non-hydrogen) atoms. The highest BCUT2D eigenvalue weighted by molar-refractivity contribution is 5.96. The monoisotopic (exact) mass is 361 g/mol. The van der Waals surface area contributed by atoms with E-state index in [0.717, 1.165) is 41.8 Å². The Kier molecular flexibility index (Phi) is 5.03. The van der Waals surface area contributed by atoms with Gasteiger partial charge in [0.1, 0.15) is 5.69 Å². The highest BCUT2D eigenvalue weighted by Crippen LogP contribution is 2.31. The molecule has 1 aliphatic heterocycles. The molecule has 1 saturated heterocycles. The normalized spacial score (nSPS) is 16.4. The van der Waals surface area contributed by atoms with Crippen molar-refractivity contribution in [1.82, 2.24) is 15.1 Å². The summed E-state index contributed by atoms with van der Waals surface area (Å²) in [6.07, 6.45) is 4.21. The first-order valence-electron chi connectivity index (χ1n) is 9.30. The van der Waals surface area contributed by atoms with Gasteiger partial charge in [-0.3, -0.25) is 9.48 Å². The Balaban J connectivity index is 1.58. The Hall–Kier alpha value is -2.92. The minimum absolute atomic E-state index is 0.0718. The lowest BCUT2D eigenvalue weighted by molar-refractivity contribution is 0.0858. The fraction of sp³-hybridized carbons (Fsp3) is 0.273. The molecule has 1 N–H and O–H groups in total. The Morgan fingerprint density at radius 3 is 2.78 bits per heavy atom. The van der Waals surface area contributed by atoms with Gasteiger partial charge in [0.05, 0.1) is 6.10 Å². The van der Waals surface area contributed by atoms with Crippen LogP contribution in [0.4, 0.5) is 0 Å². The van der Waals surface area contributed by atoms with Gasteiger partial charge < -0.3 is 10.1 Å². The molecule has 138 valence electrons. The van der Waals surface area contributed by atoms with Crippen molar-refractivity contribution < 1.29 is 9.53 Å². The number of nitrogens with one attached hydrogen (secondary N) is 1. The van der Waals surface area contributed by atoms with Gasteiger partial charge in [-0.05, 0) is 30.5 Å². The average Bonchev–Trinajstić information content (AvgIpc) is 3.36. The molecule has 2 heterocycles. The van der Waals surface area contributed by atoms with Gasteiger partial charge >= 0.3 is 0 Å². The minimum atomic E-state index is -0.0718. The molecule has 2 aromatic carbocycles. The van der Waals surface area contributed by atoms with E-state index in [1.54, 1.807) is 0 Å². The molecule has 0 aliphatic carbocycles. The van der Waals surface area contributed by atoms with Gasteiger partial charge in [0.2, 0.25) is 0 Å². The molecule has 0 radical (unpaired) electrons. The number of rotatable bonds is 5. The number of nitrogens with zero attached hydrogens (tertiary/aromatic N) is 2. The Bertz CT molecular complexity index is 928. The van der Waals surface area contributed by atoms with E-state index in [1.807, 2.05) is 72.5 Å². The van der Waals surface area contributed by atoms with Crippen molar-refractivity contribution >= 4 is 5.91 Å². The van der Waals surface area contributed by atoms with Crippen LogP contribution >= 0.6 is 0 Å². The second-order valence-electron chi connectivity index (χ2n) is 6.86. The lowest BCUT2D eigenvalue weighted by Gasteiger charge is -2.11. The summed E-state index contributed by atoms with van der Waals surface area (Å²) >= 11 is 0. The van der Waals surface area contributed by atoms with Crippen LogP contribution in [0.2, 0.25) is 0 Å². The van der Waals surface area contributed by atoms with Gasteiger partial charge in [0.25, 0.3) is 5.91 Å². The number of carbonyl (C=O) groups is 1. The molecule has 0 spiro atoms. The predicted molar refractivity (Wildman–Crippen MR) is 105 cm³/mol. The molecule has 0 bridgehead atoms. The van der Waals surface area contributed by atoms with Crippen molar-refractivity contribution in [2.24, 2.45) is 7.05 Å². The number of aryl methyl sites for hydroxylation is 1. The highest BCUT2D eigenvalue weighted by atomic mass is 16.5. The number of hydrogen-bond acceptors (Lipinski definition) is 3. The third-order valence-electron chi connectivity index (χ3n) is 4.83. The van der Waals surface area contributed by atoms with E-state index in [2.05, 4.69) is 10.4 Å². The predicted octanol–water partition coefficient (Wildman–Crippen LogP) is 3.66. The van der Waals surface area contributed by atoms with Crippen LogP contribution in [0.3, 0.4) is 0 Å². The average molecular weight is 361 g/mol. The lowest BCUT2D eigenvalue weighted by Crippen LogP contribution is -2.31. The van der Waals surface area contributed by atoms with Crippen LogP contribution < -0.4 is 5.32 Å². The summed E-state index contributed by atoms with van der Waals surface area (Å²) in [7, 11) is 1.91. The molecule has 1 atom stereocenters. The Morgan fingerprint density at radius 1 is 1.19 bits per heavy atom. The van der Waals surface area contributed by atoms with E-state index in [9.17, 15) is 4.79 Å². The van der Waals surface area contributed by atoms with E-state index in [-0.39, 0.29) is 12.0 Å². The third-order valence-corrected chi connectivity index (χ3v) is 4.83. The van der Waals surface area contributed by atoms with Crippen molar-refractivity contribution in [3.63, 3.8) is 0 Å². The van der Waals surface area contributed by atoms with Crippen LogP contribution in [0.15, 0.2) is 60.8 Å². The van der Waals surface area contributed by atoms with Gasteiger partial charge in [-0.15, -0.1) is 0 Å². The van der Waals surface area contributed by atoms with Crippen LogP contribution in [-0.2, 0) is 11.8 Å². The largest absolute Gasteiger partial charge is 0.376 e. The first-order chi connectivity index (χ1) is 13.2. The summed E-state index contributed by atoms with van der Waals surface area (Å²) in [5.41, 5.74) is 4.61. The maximum absolute atomic E-state index is 12.6. The first kappa shape index (κ1) is 17.5. The summed E-state index contributed by atoms with van der Waals surface area (Å²) in [6.45, 7) is 1.35. The van der Waals surface area contributed by atoms with E-state index >= 15 is 0 Å². The summed E-state index contributed by atoms with van der Waals surface area (Å²) in [5.74, 6) is -0.0718. The van der Waals surface area contributed by atoms with Gasteiger partial charge in [0, 0.05) is 43.1 Å². The fourth-order valence-corrected chi connectivity index (χ4v) is 3.45. The molecule has 1 fully saturated rings. The van der Waals surface area contributed by atoms with Gasteiger partial charge in [-0.2, -0.15) is 5.10 Å². The van der Waals surface area contributed by atoms with E-state index < -0.39 is 0 Å². The summed E-state index contributed by atoms with van der Waals surface area (Å²) < 4.78 is 7.38. The Labute approximate surface area is 159 Å². The van der Waals surface area contributed by atoms with Crippen molar-refractivity contribution in [1.29, 1.82) is 0 Å². The van der Waals surface area contributed by atoms with Crippen LogP contribution in [0.1, 0.15) is 23.2 Å². The standard InChI is InChI=1S/C22H23N3O2/c1-25-15-20(21(24-25)16-7-3-2-4-8-16)17-9-5-10-18(13-17)22(26)23-14-19-11-6-12-27-19/h2-5,7-10,13,15,19H,6,11-12,14H2,1H3,(H,23,26)/t19-/m0/s1. The zero-order valence-electron chi connectivity index (χ0n) is 15.4. The SMILES string of the molecule is Cn1cc(-c2cccc(C(=O)NC[C@@H]3CCCO3)c2)c(-c2ccccc2)n1. The molecule has 4 rings (SSSR count). The number of amides is 1. The maximum atomic E-state index is 12.6. The summed E-state index contributed by atoms with van der Waals surface area (Å²) in [6, 6.07) is 17.8. The molecular weight excluding hydrogens is 338 g/mol. The van der Waals surface area contributed by atoms with Crippen molar-refractivity contribution in [2.45, 2.75) is 18.9 Å². The van der Waals surface area contributed by atoms with Crippen LogP contribution in [0.5, 0.6) is 0 Å². The maximum Gasteiger partial charge on any atom is 0.251 e. The number of ether oxygens (including phenoxy) is 1. The first-order valence-corrected chi connectivity index (χ1v) is 9.30. The number of benzene rings is 2. The van der Waals surface area contributed by atoms with Gasteiger partial charge in [-0.1, -0.05) is 42.5 Å². The number of hydrogen-bond donors (Lipinski definition) is 1.